The van der Waals surface area contributed by atoms with Crippen LogP contribution in [0.25, 0.3) is 0 Å². The van der Waals surface area contributed by atoms with Crippen LogP contribution < -0.4 is 0 Å². The van der Waals surface area contributed by atoms with E-state index in [-0.39, 0.29) is 19.6 Å². The molecular formula is C19H38O5. The zero-order valence-corrected chi connectivity index (χ0v) is 15.5. The number of carboxylic acids is 1. The van der Waals surface area contributed by atoms with E-state index in [1.807, 2.05) is 0 Å². The summed E-state index contributed by atoms with van der Waals surface area (Å²) >= 11 is 0. The maximum absolute atomic E-state index is 10.3. The zero-order valence-electron chi connectivity index (χ0n) is 15.5. The van der Waals surface area contributed by atoms with E-state index >= 15 is 0 Å². The molecule has 0 saturated carbocycles. The summed E-state index contributed by atoms with van der Waals surface area (Å²) < 4.78 is 10.6. The van der Waals surface area contributed by atoms with Crippen LogP contribution in [-0.2, 0) is 14.3 Å². The summed E-state index contributed by atoms with van der Waals surface area (Å²) in [5.41, 5.74) is 0. The van der Waals surface area contributed by atoms with Crippen molar-refractivity contribution >= 4 is 5.97 Å². The molecule has 1 unspecified atom stereocenters. The number of aliphatic hydroxyl groups excluding tert-OH is 1. The minimum absolute atomic E-state index is 0.103. The number of ether oxygens (including phenoxy) is 2. The third-order valence-corrected chi connectivity index (χ3v) is 3.94. The highest BCUT2D eigenvalue weighted by molar-refractivity contribution is 5.66. The minimum Gasteiger partial charge on any atom is -0.481 e. The summed E-state index contributed by atoms with van der Waals surface area (Å²) in [7, 11) is 0. The van der Waals surface area contributed by atoms with Gasteiger partial charge in [0.2, 0.25) is 0 Å². The molecule has 5 heteroatoms. The molecule has 1 atom stereocenters. The maximum Gasteiger partial charge on any atom is 0.303 e. The molecule has 0 spiro atoms. The fourth-order valence-electron chi connectivity index (χ4n) is 2.50. The average molecular weight is 347 g/mol. The quantitative estimate of drug-likeness (QED) is 0.343. The summed E-state index contributed by atoms with van der Waals surface area (Å²) in [4.78, 5) is 10.3. The Labute approximate surface area is 147 Å². The number of unbranched alkanes of at least 4 members (excludes halogenated alkanes) is 9. The van der Waals surface area contributed by atoms with Gasteiger partial charge < -0.3 is 19.7 Å². The SMILES string of the molecule is CCCCCCCCCCCCOCC(O)COCCCC(=O)O. The molecule has 24 heavy (non-hydrogen) atoms. The number of hydrogen-bond acceptors (Lipinski definition) is 4. The molecule has 5 nitrogen and oxygen atoms in total. The predicted octanol–water partition coefficient (Wildman–Crippen LogP) is 4.17. The summed E-state index contributed by atoms with van der Waals surface area (Å²) in [6, 6.07) is 0. The largest absolute Gasteiger partial charge is 0.481 e. The van der Waals surface area contributed by atoms with Gasteiger partial charge in [-0.2, -0.15) is 0 Å². The summed E-state index contributed by atoms with van der Waals surface area (Å²) in [5.74, 6) is -0.820. The fourth-order valence-corrected chi connectivity index (χ4v) is 2.50. The van der Waals surface area contributed by atoms with Crippen LogP contribution >= 0.6 is 0 Å². The molecular weight excluding hydrogens is 308 g/mol. The molecule has 0 aromatic carbocycles. The van der Waals surface area contributed by atoms with E-state index in [0.717, 1.165) is 6.42 Å². The Hall–Kier alpha value is -0.650. The molecule has 2 N–H and O–H groups in total. The first-order chi connectivity index (χ1) is 11.7. The Morgan fingerprint density at radius 1 is 0.792 bits per heavy atom. The normalized spacial score (nSPS) is 12.4. The van der Waals surface area contributed by atoms with E-state index in [1.54, 1.807) is 0 Å². The van der Waals surface area contributed by atoms with E-state index in [2.05, 4.69) is 6.92 Å². The Morgan fingerprint density at radius 2 is 1.25 bits per heavy atom. The van der Waals surface area contributed by atoms with Gasteiger partial charge in [0.05, 0.1) is 13.2 Å². The first kappa shape index (κ1) is 23.4. The van der Waals surface area contributed by atoms with Crippen molar-refractivity contribution < 1.29 is 24.5 Å². The molecule has 0 bridgehead atoms. The zero-order chi connectivity index (χ0) is 17.9. The lowest BCUT2D eigenvalue weighted by molar-refractivity contribution is -0.137. The molecule has 0 fully saturated rings. The summed E-state index contributed by atoms with van der Waals surface area (Å²) in [6.07, 6.45) is 12.9. The van der Waals surface area contributed by atoms with Crippen molar-refractivity contribution in [2.45, 2.75) is 90.1 Å². The van der Waals surface area contributed by atoms with Gasteiger partial charge >= 0.3 is 5.97 Å². The van der Waals surface area contributed by atoms with Crippen molar-refractivity contribution in [1.29, 1.82) is 0 Å². The molecule has 0 aliphatic rings. The highest BCUT2D eigenvalue weighted by Crippen LogP contribution is 2.10. The lowest BCUT2D eigenvalue weighted by atomic mass is 10.1. The Kier molecular flexibility index (Phi) is 18.2. The van der Waals surface area contributed by atoms with Crippen LogP contribution in [0, 0.1) is 0 Å². The minimum atomic E-state index is -0.820. The Balaban J connectivity index is 3.14. The lowest BCUT2D eigenvalue weighted by Gasteiger charge is -2.11. The number of aliphatic carboxylic acids is 1. The molecule has 0 aliphatic heterocycles. The van der Waals surface area contributed by atoms with Crippen LogP contribution in [0.15, 0.2) is 0 Å². The number of aliphatic hydroxyl groups is 1. The van der Waals surface area contributed by atoms with Gasteiger partial charge in [-0.25, -0.2) is 0 Å². The first-order valence-electron chi connectivity index (χ1n) is 9.72. The number of carbonyl (C=O) groups is 1. The molecule has 0 heterocycles. The van der Waals surface area contributed by atoms with E-state index < -0.39 is 12.1 Å². The predicted molar refractivity (Wildman–Crippen MR) is 96.4 cm³/mol. The number of hydrogen-bond donors (Lipinski definition) is 2. The Morgan fingerprint density at radius 3 is 1.75 bits per heavy atom. The van der Waals surface area contributed by atoms with E-state index in [0.29, 0.717) is 19.6 Å². The van der Waals surface area contributed by atoms with Gasteiger partial charge in [0, 0.05) is 19.6 Å². The molecule has 0 radical (unpaired) electrons. The van der Waals surface area contributed by atoms with Crippen LogP contribution in [-0.4, -0.2) is 48.7 Å². The van der Waals surface area contributed by atoms with Crippen LogP contribution in [0.5, 0.6) is 0 Å². The molecule has 0 aliphatic carbocycles. The molecule has 0 aromatic heterocycles. The second-order valence-electron chi connectivity index (χ2n) is 6.48. The lowest BCUT2D eigenvalue weighted by Crippen LogP contribution is -2.22. The van der Waals surface area contributed by atoms with Crippen LogP contribution in [0.4, 0.5) is 0 Å². The Bertz CT molecular complexity index is 270. The molecule has 0 aromatic rings. The summed E-state index contributed by atoms with van der Waals surface area (Å²) in [6.45, 7) is 3.79. The van der Waals surface area contributed by atoms with E-state index in [1.165, 1.54) is 57.8 Å². The average Bonchev–Trinajstić information content (AvgIpc) is 2.55. The monoisotopic (exact) mass is 346 g/mol. The van der Waals surface area contributed by atoms with Crippen molar-refractivity contribution in [3.63, 3.8) is 0 Å². The smallest absolute Gasteiger partial charge is 0.303 e. The second-order valence-corrected chi connectivity index (χ2v) is 6.48. The third kappa shape index (κ3) is 19.4. The fraction of sp³-hybridized carbons (Fsp3) is 0.947. The van der Waals surface area contributed by atoms with Gasteiger partial charge in [-0.1, -0.05) is 64.7 Å². The van der Waals surface area contributed by atoms with Crippen molar-refractivity contribution in [3.05, 3.63) is 0 Å². The van der Waals surface area contributed by atoms with Gasteiger partial charge in [0.15, 0.2) is 0 Å². The van der Waals surface area contributed by atoms with Gasteiger partial charge in [0.25, 0.3) is 0 Å². The van der Waals surface area contributed by atoms with Crippen molar-refractivity contribution in [3.8, 4) is 0 Å². The van der Waals surface area contributed by atoms with Gasteiger partial charge in [-0.3, -0.25) is 4.79 Å². The van der Waals surface area contributed by atoms with E-state index in [9.17, 15) is 9.90 Å². The van der Waals surface area contributed by atoms with Crippen molar-refractivity contribution in [2.75, 3.05) is 26.4 Å². The van der Waals surface area contributed by atoms with Gasteiger partial charge in [-0.15, -0.1) is 0 Å². The summed E-state index contributed by atoms with van der Waals surface area (Å²) in [5, 5.41) is 18.1. The van der Waals surface area contributed by atoms with Crippen LogP contribution in [0.3, 0.4) is 0 Å². The third-order valence-electron chi connectivity index (χ3n) is 3.94. The van der Waals surface area contributed by atoms with Crippen LogP contribution in [0.2, 0.25) is 0 Å². The maximum atomic E-state index is 10.3. The second kappa shape index (κ2) is 18.7. The number of rotatable bonds is 19. The van der Waals surface area contributed by atoms with Crippen molar-refractivity contribution in [1.82, 2.24) is 0 Å². The molecule has 144 valence electrons. The topological polar surface area (TPSA) is 76.0 Å². The molecule has 0 amide bonds. The van der Waals surface area contributed by atoms with Crippen LogP contribution in [0.1, 0.15) is 84.0 Å². The molecule has 0 rings (SSSR count). The van der Waals surface area contributed by atoms with Gasteiger partial charge in [-0.05, 0) is 12.8 Å². The van der Waals surface area contributed by atoms with E-state index in [4.69, 9.17) is 14.6 Å². The number of carboxylic acid groups (broad SMARTS) is 1. The highest BCUT2D eigenvalue weighted by Gasteiger charge is 2.05. The van der Waals surface area contributed by atoms with Crippen molar-refractivity contribution in [2.24, 2.45) is 0 Å². The highest BCUT2D eigenvalue weighted by atomic mass is 16.5. The van der Waals surface area contributed by atoms with Gasteiger partial charge in [0.1, 0.15) is 6.10 Å². The molecule has 0 saturated heterocycles. The standard InChI is InChI=1S/C19H38O5/c1-2-3-4-5-6-7-8-9-10-11-14-23-16-18(20)17-24-15-12-13-19(21)22/h18,20H,2-17H2,1H3,(H,21,22). The first-order valence-corrected chi connectivity index (χ1v) is 9.72.